The summed E-state index contributed by atoms with van der Waals surface area (Å²) < 4.78 is 10.5. The molecule has 0 spiro atoms. The van der Waals surface area contributed by atoms with Gasteiger partial charge in [-0.05, 0) is 17.7 Å². The first-order valence-electron chi connectivity index (χ1n) is 5.32. The fourth-order valence-electron chi connectivity index (χ4n) is 1.73. The number of nitrogens with one attached hydrogen (secondary N) is 1. The highest BCUT2D eigenvalue weighted by molar-refractivity contribution is 5.45. The molecular formula is C11H10N4O3. The van der Waals surface area contributed by atoms with E-state index in [1.807, 2.05) is 12.1 Å². The monoisotopic (exact) mass is 246 g/mol. The number of nitrogens with two attached hydrogens (primary N) is 1. The molecule has 0 amide bonds. The van der Waals surface area contributed by atoms with Gasteiger partial charge in [0.15, 0.2) is 11.5 Å². The minimum atomic E-state index is -0.333. The molecule has 0 saturated heterocycles. The van der Waals surface area contributed by atoms with Crippen LogP contribution in [-0.2, 0) is 6.42 Å². The van der Waals surface area contributed by atoms with Gasteiger partial charge in [-0.2, -0.15) is 0 Å². The zero-order valence-corrected chi connectivity index (χ0v) is 9.34. The SMILES string of the molecule is Nc1nnc(Cc2ccc3c(c2)OCO3)c(=O)[nH]1. The summed E-state index contributed by atoms with van der Waals surface area (Å²) >= 11 is 0. The smallest absolute Gasteiger partial charge is 0.274 e. The summed E-state index contributed by atoms with van der Waals surface area (Å²) in [6.07, 6.45) is 0.360. The summed E-state index contributed by atoms with van der Waals surface area (Å²) in [4.78, 5) is 14.0. The largest absolute Gasteiger partial charge is 0.454 e. The first kappa shape index (κ1) is 10.6. The Bertz CT molecular complexity index is 653. The number of nitrogen functional groups attached to an aromatic ring is 1. The summed E-state index contributed by atoms with van der Waals surface area (Å²) in [5.74, 6) is 1.39. The van der Waals surface area contributed by atoms with E-state index in [0.29, 0.717) is 23.6 Å². The van der Waals surface area contributed by atoms with Crippen LogP contribution in [0, 0.1) is 0 Å². The van der Waals surface area contributed by atoms with Crippen molar-refractivity contribution in [2.24, 2.45) is 0 Å². The number of aromatic nitrogens is 3. The van der Waals surface area contributed by atoms with Crippen LogP contribution in [-0.4, -0.2) is 22.0 Å². The molecule has 18 heavy (non-hydrogen) atoms. The Labute approximate surface area is 102 Å². The number of fused-ring (bicyclic) bond motifs is 1. The van der Waals surface area contributed by atoms with E-state index in [9.17, 15) is 4.79 Å². The number of rotatable bonds is 2. The maximum Gasteiger partial charge on any atom is 0.274 e. The second-order valence-corrected chi connectivity index (χ2v) is 3.85. The number of nitrogens with zero attached hydrogens (tertiary/aromatic N) is 2. The van der Waals surface area contributed by atoms with Crippen LogP contribution in [0.15, 0.2) is 23.0 Å². The molecule has 92 valence electrons. The zero-order valence-electron chi connectivity index (χ0n) is 9.34. The second kappa shape index (κ2) is 4.02. The summed E-state index contributed by atoms with van der Waals surface area (Å²) in [5.41, 5.74) is 6.20. The maximum atomic E-state index is 11.6. The maximum absolute atomic E-state index is 11.6. The molecule has 0 bridgehead atoms. The molecule has 0 atom stereocenters. The molecule has 7 heteroatoms. The van der Waals surface area contributed by atoms with E-state index >= 15 is 0 Å². The van der Waals surface area contributed by atoms with Crippen molar-refractivity contribution in [1.29, 1.82) is 0 Å². The van der Waals surface area contributed by atoms with Gasteiger partial charge in [0.05, 0.1) is 0 Å². The van der Waals surface area contributed by atoms with Crippen LogP contribution in [0.4, 0.5) is 5.95 Å². The van der Waals surface area contributed by atoms with E-state index in [4.69, 9.17) is 15.2 Å². The van der Waals surface area contributed by atoms with E-state index in [1.54, 1.807) is 6.07 Å². The number of anilines is 1. The molecule has 2 aromatic rings. The fourth-order valence-corrected chi connectivity index (χ4v) is 1.73. The van der Waals surface area contributed by atoms with E-state index in [0.717, 1.165) is 5.56 Å². The first-order chi connectivity index (χ1) is 8.72. The van der Waals surface area contributed by atoms with Crippen LogP contribution in [0.1, 0.15) is 11.3 Å². The lowest BCUT2D eigenvalue weighted by atomic mass is 10.1. The number of hydrogen-bond acceptors (Lipinski definition) is 6. The van der Waals surface area contributed by atoms with Crippen molar-refractivity contribution in [3.63, 3.8) is 0 Å². The number of aromatic amines is 1. The van der Waals surface area contributed by atoms with Gasteiger partial charge < -0.3 is 15.2 Å². The molecule has 1 aromatic heterocycles. The molecule has 1 aromatic carbocycles. The van der Waals surface area contributed by atoms with Crippen LogP contribution >= 0.6 is 0 Å². The van der Waals surface area contributed by atoms with Crippen LogP contribution in [0.5, 0.6) is 11.5 Å². The Kier molecular flexibility index (Phi) is 2.36. The third-order valence-corrected chi connectivity index (χ3v) is 2.59. The number of H-pyrrole nitrogens is 1. The molecule has 1 aliphatic rings. The van der Waals surface area contributed by atoms with Crippen molar-refractivity contribution in [3.05, 3.63) is 39.8 Å². The highest BCUT2D eigenvalue weighted by Gasteiger charge is 2.14. The number of hydrogen-bond donors (Lipinski definition) is 2. The Morgan fingerprint density at radius 1 is 1.28 bits per heavy atom. The highest BCUT2D eigenvalue weighted by atomic mass is 16.7. The topological polar surface area (TPSA) is 103 Å². The van der Waals surface area contributed by atoms with Gasteiger partial charge in [0.25, 0.3) is 5.56 Å². The quantitative estimate of drug-likeness (QED) is 0.777. The molecule has 0 radical (unpaired) electrons. The summed E-state index contributed by atoms with van der Waals surface area (Å²) in [7, 11) is 0. The van der Waals surface area contributed by atoms with Gasteiger partial charge in [0.2, 0.25) is 12.7 Å². The van der Waals surface area contributed by atoms with Crippen LogP contribution in [0.25, 0.3) is 0 Å². The standard InChI is InChI=1S/C11H10N4O3/c12-11-13-10(16)7(14-15-11)3-6-1-2-8-9(4-6)18-5-17-8/h1-2,4H,3,5H2,(H3,12,13,15,16). The van der Waals surface area contributed by atoms with Gasteiger partial charge >= 0.3 is 0 Å². The normalized spacial score (nSPS) is 12.7. The molecule has 7 nitrogen and oxygen atoms in total. The van der Waals surface area contributed by atoms with Crippen molar-refractivity contribution in [1.82, 2.24) is 15.2 Å². The van der Waals surface area contributed by atoms with Crippen LogP contribution < -0.4 is 20.8 Å². The molecule has 3 rings (SSSR count). The van der Waals surface area contributed by atoms with E-state index < -0.39 is 0 Å². The Hall–Kier alpha value is -2.57. The Morgan fingerprint density at radius 3 is 2.94 bits per heavy atom. The Balaban J connectivity index is 1.90. The van der Waals surface area contributed by atoms with Gasteiger partial charge in [-0.15, -0.1) is 10.2 Å². The lowest BCUT2D eigenvalue weighted by molar-refractivity contribution is 0.174. The lowest BCUT2D eigenvalue weighted by Crippen LogP contribution is -2.18. The second-order valence-electron chi connectivity index (χ2n) is 3.85. The van der Waals surface area contributed by atoms with Crippen molar-refractivity contribution in [3.8, 4) is 11.5 Å². The van der Waals surface area contributed by atoms with Crippen LogP contribution in [0.3, 0.4) is 0 Å². The van der Waals surface area contributed by atoms with E-state index in [2.05, 4.69) is 15.2 Å². The summed E-state index contributed by atoms with van der Waals surface area (Å²) in [6, 6.07) is 5.47. The van der Waals surface area contributed by atoms with E-state index in [-0.39, 0.29) is 18.3 Å². The Morgan fingerprint density at radius 2 is 2.11 bits per heavy atom. The minimum Gasteiger partial charge on any atom is -0.454 e. The molecule has 0 unspecified atom stereocenters. The molecule has 0 aliphatic carbocycles. The predicted molar refractivity (Wildman–Crippen MR) is 62.4 cm³/mol. The third-order valence-electron chi connectivity index (χ3n) is 2.59. The van der Waals surface area contributed by atoms with Gasteiger partial charge in [-0.25, -0.2) is 0 Å². The molecule has 1 aliphatic heterocycles. The van der Waals surface area contributed by atoms with Crippen molar-refractivity contribution in [2.45, 2.75) is 6.42 Å². The average Bonchev–Trinajstić information content (AvgIpc) is 2.80. The summed E-state index contributed by atoms with van der Waals surface area (Å²) in [5, 5.41) is 7.40. The van der Waals surface area contributed by atoms with Gasteiger partial charge in [-0.1, -0.05) is 6.07 Å². The first-order valence-corrected chi connectivity index (χ1v) is 5.32. The molecule has 3 N–H and O–H groups in total. The molecular weight excluding hydrogens is 236 g/mol. The van der Waals surface area contributed by atoms with Crippen molar-refractivity contribution >= 4 is 5.95 Å². The third kappa shape index (κ3) is 1.86. The van der Waals surface area contributed by atoms with Crippen molar-refractivity contribution < 1.29 is 9.47 Å². The number of benzene rings is 1. The van der Waals surface area contributed by atoms with Gasteiger partial charge in [0, 0.05) is 6.42 Å². The minimum absolute atomic E-state index is 0.00874. The van der Waals surface area contributed by atoms with Gasteiger partial charge in [-0.3, -0.25) is 9.78 Å². The summed E-state index contributed by atoms with van der Waals surface area (Å²) in [6.45, 7) is 0.223. The molecule has 0 saturated carbocycles. The zero-order chi connectivity index (χ0) is 12.5. The lowest BCUT2D eigenvalue weighted by Gasteiger charge is -2.02. The number of ether oxygens (including phenoxy) is 2. The average molecular weight is 246 g/mol. The predicted octanol–water partition coefficient (Wildman–Crippen LogP) is 0.0666. The highest BCUT2D eigenvalue weighted by Crippen LogP contribution is 2.32. The van der Waals surface area contributed by atoms with Gasteiger partial charge in [0.1, 0.15) is 5.69 Å². The van der Waals surface area contributed by atoms with E-state index in [1.165, 1.54) is 0 Å². The fraction of sp³-hybridized carbons (Fsp3) is 0.182. The van der Waals surface area contributed by atoms with Crippen molar-refractivity contribution in [2.75, 3.05) is 12.5 Å². The van der Waals surface area contributed by atoms with Crippen LogP contribution in [0.2, 0.25) is 0 Å². The molecule has 0 fully saturated rings. The molecule has 2 heterocycles.